The third kappa shape index (κ3) is 1.05. The van der Waals surface area contributed by atoms with E-state index in [2.05, 4.69) is 16.2 Å². The quantitative estimate of drug-likeness (QED) is 0.594. The molecule has 1 aromatic heterocycles. The predicted molar refractivity (Wildman–Crippen MR) is 43.4 cm³/mol. The van der Waals surface area contributed by atoms with E-state index < -0.39 is 0 Å². The van der Waals surface area contributed by atoms with Crippen LogP contribution in [0.1, 0.15) is 0 Å². The van der Waals surface area contributed by atoms with E-state index in [1.165, 1.54) is 6.20 Å². The molecule has 3 heteroatoms. The number of nitrogens with zero attached hydrogens (tertiary/aromatic N) is 2. The van der Waals surface area contributed by atoms with Gasteiger partial charge >= 0.3 is 0 Å². The molecule has 0 aliphatic rings. The molecule has 2 aromatic rings. The fraction of sp³-hybridized carbons (Fsp3) is 0. The number of hydrogen-bond acceptors (Lipinski definition) is 2. The first-order valence-electron chi connectivity index (χ1n) is 3.15. The van der Waals surface area contributed by atoms with Crippen molar-refractivity contribution >= 4 is 22.6 Å². The Balaban J connectivity index is 2.91. The third-order valence-electron chi connectivity index (χ3n) is 1.40. The van der Waals surface area contributed by atoms with Gasteiger partial charge in [-0.05, 0) is 12.1 Å². The maximum Gasteiger partial charge on any atom is 0.109 e. The molecule has 0 N–H and O–H groups in total. The van der Waals surface area contributed by atoms with Gasteiger partial charge in [0.1, 0.15) is 11.7 Å². The van der Waals surface area contributed by atoms with Gasteiger partial charge in [-0.25, -0.2) is 4.98 Å². The number of benzene rings is 1. The minimum Gasteiger partial charge on any atom is -0.252 e. The maximum absolute atomic E-state index is 5.83. The fourth-order valence-corrected chi connectivity index (χ4v) is 1.12. The summed E-state index contributed by atoms with van der Waals surface area (Å²) < 4.78 is 0. The lowest BCUT2D eigenvalue weighted by Crippen LogP contribution is -1.81. The Hall–Kier alpha value is -1.15. The Kier molecular flexibility index (Phi) is 1.47. The van der Waals surface area contributed by atoms with Crippen molar-refractivity contribution in [3.05, 3.63) is 35.6 Å². The molecule has 2 rings (SSSR count). The zero-order valence-electron chi connectivity index (χ0n) is 5.58. The second-order valence-corrected chi connectivity index (χ2v) is 2.51. The van der Waals surface area contributed by atoms with E-state index in [0.717, 1.165) is 5.52 Å². The maximum atomic E-state index is 5.83. The molecule has 0 atom stereocenters. The topological polar surface area (TPSA) is 25.8 Å². The predicted octanol–water partition coefficient (Wildman–Crippen LogP) is 2.08. The van der Waals surface area contributed by atoms with Crippen LogP contribution in [0.2, 0.25) is 5.02 Å². The summed E-state index contributed by atoms with van der Waals surface area (Å²) in [6, 6.07) is 5.49. The molecule has 11 heavy (non-hydrogen) atoms. The van der Waals surface area contributed by atoms with Gasteiger partial charge in [0.2, 0.25) is 0 Å². The summed E-state index contributed by atoms with van der Waals surface area (Å²) in [7, 11) is 0. The van der Waals surface area contributed by atoms with Crippen LogP contribution in [-0.4, -0.2) is 9.97 Å². The van der Waals surface area contributed by atoms with Crippen molar-refractivity contribution in [3.63, 3.8) is 0 Å². The molecular weight excluding hydrogens is 160 g/mol. The second-order valence-electron chi connectivity index (χ2n) is 2.11. The molecule has 0 aliphatic heterocycles. The van der Waals surface area contributed by atoms with Crippen LogP contribution >= 0.6 is 11.6 Å². The van der Waals surface area contributed by atoms with Gasteiger partial charge in [0.05, 0.1) is 16.7 Å². The molecular formula is C8H4ClN2. The molecule has 1 radical (unpaired) electrons. The highest BCUT2D eigenvalue weighted by Crippen LogP contribution is 2.17. The first-order chi connectivity index (χ1) is 5.38. The Morgan fingerprint density at radius 3 is 3.09 bits per heavy atom. The molecule has 1 heterocycles. The summed E-state index contributed by atoms with van der Waals surface area (Å²) in [5, 5.41) is 0.617. The van der Waals surface area contributed by atoms with Crippen LogP contribution in [0.15, 0.2) is 24.4 Å². The van der Waals surface area contributed by atoms with E-state index in [0.29, 0.717) is 10.5 Å². The highest BCUT2D eigenvalue weighted by atomic mass is 35.5. The van der Waals surface area contributed by atoms with Crippen molar-refractivity contribution in [3.8, 4) is 0 Å². The normalized spacial score (nSPS) is 10.3. The van der Waals surface area contributed by atoms with Crippen LogP contribution in [0.25, 0.3) is 11.0 Å². The molecule has 0 saturated heterocycles. The first-order valence-corrected chi connectivity index (χ1v) is 3.53. The van der Waals surface area contributed by atoms with Crippen molar-refractivity contribution < 1.29 is 0 Å². The second kappa shape index (κ2) is 2.47. The molecule has 0 amide bonds. The van der Waals surface area contributed by atoms with Crippen LogP contribution in [0.5, 0.6) is 0 Å². The van der Waals surface area contributed by atoms with E-state index in [9.17, 15) is 0 Å². The summed E-state index contributed by atoms with van der Waals surface area (Å²) in [5.74, 6) is 0. The van der Waals surface area contributed by atoms with Crippen LogP contribution in [0, 0.1) is 6.20 Å². The van der Waals surface area contributed by atoms with E-state index in [1.807, 2.05) is 12.1 Å². The lowest BCUT2D eigenvalue weighted by Gasteiger charge is -1.94. The number of para-hydroxylation sites is 1. The van der Waals surface area contributed by atoms with E-state index in [-0.39, 0.29) is 0 Å². The first kappa shape index (κ1) is 6.55. The summed E-state index contributed by atoms with van der Waals surface area (Å²) in [6.45, 7) is 0. The summed E-state index contributed by atoms with van der Waals surface area (Å²) >= 11 is 5.83. The van der Waals surface area contributed by atoms with Gasteiger partial charge < -0.3 is 0 Å². The highest BCUT2D eigenvalue weighted by molar-refractivity contribution is 6.34. The number of hydrogen-bond donors (Lipinski definition) is 0. The standard InChI is InChI=1S/C8H4ClN2/c9-6-2-1-3-7-8(6)11-5-4-10-7/h1-4H. The third-order valence-corrected chi connectivity index (χ3v) is 1.71. The number of rotatable bonds is 0. The molecule has 1 aromatic carbocycles. The smallest absolute Gasteiger partial charge is 0.109 e. The van der Waals surface area contributed by atoms with E-state index in [4.69, 9.17) is 11.6 Å². The molecule has 0 aliphatic carbocycles. The average molecular weight is 164 g/mol. The van der Waals surface area contributed by atoms with Gasteiger partial charge in [0, 0.05) is 0 Å². The van der Waals surface area contributed by atoms with Crippen LogP contribution in [0.4, 0.5) is 0 Å². The molecule has 0 fully saturated rings. The average Bonchev–Trinajstić information content (AvgIpc) is 2.06. The summed E-state index contributed by atoms with van der Waals surface area (Å²) in [5.41, 5.74) is 1.51. The van der Waals surface area contributed by atoms with Crippen molar-refractivity contribution in [1.29, 1.82) is 0 Å². The minimum atomic E-state index is 0.617. The Bertz CT molecular complexity index is 381. The van der Waals surface area contributed by atoms with Gasteiger partial charge in [-0.3, -0.25) is 4.98 Å². The fourth-order valence-electron chi connectivity index (χ4n) is 0.911. The van der Waals surface area contributed by atoms with Crippen LogP contribution < -0.4 is 0 Å². The number of halogens is 1. The molecule has 53 valence electrons. The summed E-state index contributed by atoms with van der Waals surface area (Å²) in [6.07, 6.45) is 4.16. The Morgan fingerprint density at radius 1 is 1.36 bits per heavy atom. The zero-order valence-corrected chi connectivity index (χ0v) is 6.34. The lowest BCUT2D eigenvalue weighted by molar-refractivity contribution is 1.28. The van der Waals surface area contributed by atoms with Gasteiger partial charge in [-0.2, -0.15) is 0 Å². The van der Waals surface area contributed by atoms with Gasteiger partial charge in [0.15, 0.2) is 0 Å². The van der Waals surface area contributed by atoms with Crippen molar-refractivity contribution in [2.75, 3.05) is 0 Å². The summed E-state index contributed by atoms with van der Waals surface area (Å²) in [4.78, 5) is 8.00. The van der Waals surface area contributed by atoms with Crippen LogP contribution in [0.3, 0.4) is 0 Å². The lowest BCUT2D eigenvalue weighted by atomic mass is 10.3. The van der Waals surface area contributed by atoms with Crippen molar-refractivity contribution in [2.45, 2.75) is 0 Å². The van der Waals surface area contributed by atoms with Gasteiger partial charge in [0.25, 0.3) is 0 Å². The zero-order chi connectivity index (χ0) is 7.68. The van der Waals surface area contributed by atoms with E-state index >= 15 is 0 Å². The molecule has 2 nitrogen and oxygen atoms in total. The van der Waals surface area contributed by atoms with Crippen molar-refractivity contribution in [1.82, 2.24) is 9.97 Å². The van der Waals surface area contributed by atoms with Gasteiger partial charge in [-0.15, -0.1) is 0 Å². The van der Waals surface area contributed by atoms with Gasteiger partial charge in [-0.1, -0.05) is 17.7 Å². The van der Waals surface area contributed by atoms with E-state index in [1.54, 1.807) is 6.07 Å². The molecule has 0 unspecified atom stereocenters. The van der Waals surface area contributed by atoms with Crippen molar-refractivity contribution in [2.24, 2.45) is 0 Å². The number of aromatic nitrogens is 2. The highest BCUT2D eigenvalue weighted by Gasteiger charge is 1.97. The monoisotopic (exact) mass is 163 g/mol. The molecule has 0 spiro atoms. The number of fused-ring (bicyclic) bond motifs is 1. The van der Waals surface area contributed by atoms with Crippen LogP contribution in [-0.2, 0) is 0 Å². The largest absolute Gasteiger partial charge is 0.252 e. The SMILES string of the molecule is Clc1cccc2nc[c]nc12. The Labute approximate surface area is 68.9 Å². The minimum absolute atomic E-state index is 0.617. The Morgan fingerprint density at radius 2 is 2.27 bits per heavy atom. The molecule has 0 saturated carbocycles. The molecule has 0 bridgehead atoms.